The van der Waals surface area contributed by atoms with Gasteiger partial charge >= 0.3 is 0 Å². The van der Waals surface area contributed by atoms with Gasteiger partial charge in [-0.05, 0) is 7.05 Å². The SMILES string of the molecule is CNC(Cc1nccs1)c1cc(OC)ncn1. The summed E-state index contributed by atoms with van der Waals surface area (Å²) in [6.07, 6.45) is 4.14. The molecule has 1 unspecified atom stereocenters. The summed E-state index contributed by atoms with van der Waals surface area (Å²) in [5.41, 5.74) is 0.912. The Morgan fingerprint density at radius 1 is 1.41 bits per heavy atom. The van der Waals surface area contributed by atoms with Crippen LogP contribution < -0.4 is 10.1 Å². The minimum absolute atomic E-state index is 0.123. The summed E-state index contributed by atoms with van der Waals surface area (Å²) in [4.78, 5) is 12.5. The molecule has 2 heterocycles. The van der Waals surface area contributed by atoms with E-state index in [4.69, 9.17) is 4.74 Å². The van der Waals surface area contributed by atoms with Crippen molar-refractivity contribution in [2.75, 3.05) is 14.2 Å². The van der Waals surface area contributed by atoms with E-state index in [1.807, 2.05) is 24.7 Å². The Morgan fingerprint density at radius 3 is 2.94 bits per heavy atom. The van der Waals surface area contributed by atoms with Gasteiger partial charge in [0.2, 0.25) is 5.88 Å². The molecule has 0 aliphatic rings. The third-order valence-electron chi connectivity index (χ3n) is 2.44. The van der Waals surface area contributed by atoms with Crippen LogP contribution in [-0.2, 0) is 6.42 Å². The Labute approximate surface area is 104 Å². The molecule has 0 spiro atoms. The van der Waals surface area contributed by atoms with E-state index in [0.717, 1.165) is 17.1 Å². The van der Waals surface area contributed by atoms with Crippen LogP contribution in [0.4, 0.5) is 0 Å². The first kappa shape index (κ1) is 11.9. The number of thiazole rings is 1. The van der Waals surface area contributed by atoms with E-state index < -0.39 is 0 Å². The molecule has 5 nitrogen and oxygen atoms in total. The molecular weight excluding hydrogens is 236 g/mol. The molecule has 0 fully saturated rings. The molecule has 0 saturated heterocycles. The smallest absolute Gasteiger partial charge is 0.216 e. The van der Waals surface area contributed by atoms with E-state index in [2.05, 4.69) is 20.3 Å². The first-order valence-electron chi connectivity index (χ1n) is 5.25. The second-order valence-electron chi connectivity index (χ2n) is 3.46. The van der Waals surface area contributed by atoms with Crippen molar-refractivity contribution >= 4 is 11.3 Å². The molecule has 0 aromatic carbocycles. The second-order valence-corrected chi connectivity index (χ2v) is 4.44. The number of hydrogen-bond acceptors (Lipinski definition) is 6. The van der Waals surface area contributed by atoms with Crippen molar-refractivity contribution in [2.45, 2.75) is 12.5 Å². The minimum Gasteiger partial charge on any atom is -0.481 e. The third-order valence-corrected chi connectivity index (χ3v) is 3.24. The summed E-state index contributed by atoms with van der Waals surface area (Å²) in [5, 5.41) is 6.29. The Hall–Kier alpha value is -1.53. The zero-order valence-corrected chi connectivity index (χ0v) is 10.6. The number of rotatable bonds is 5. The molecule has 90 valence electrons. The van der Waals surface area contributed by atoms with Gasteiger partial charge in [-0.3, -0.25) is 0 Å². The molecule has 2 aromatic rings. The average Bonchev–Trinajstić information content (AvgIpc) is 2.89. The molecule has 1 atom stereocenters. The fourth-order valence-corrected chi connectivity index (χ4v) is 2.20. The molecule has 2 aromatic heterocycles. The van der Waals surface area contributed by atoms with Gasteiger partial charge in [-0.15, -0.1) is 11.3 Å². The lowest BCUT2D eigenvalue weighted by Gasteiger charge is -2.14. The molecule has 2 rings (SSSR count). The highest BCUT2D eigenvalue weighted by Gasteiger charge is 2.14. The Bertz CT molecular complexity index is 460. The van der Waals surface area contributed by atoms with Crippen molar-refractivity contribution in [1.29, 1.82) is 0 Å². The van der Waals surface area contributed by atoms with Crippen LogP contribution >= 0.6 is 11.3 Å². The van der Waals surface area contributed by atoms with Gasteiger partial charge in [-0.25, -0.2) is 15.0 Å². The lowest BCUT2D eigenvalue weighted by molar-refractivity contribution is 0.394. The predicted molar refractivity (Wildman–Crippen MR) is 66.2 cm³/mol. The van der Waals surface area contributed by atoms with Crippen LogP contribution in [0.5, 0.6) is 5.88 Å². The molecule has 17 heavy (non-hydrogen) atoms. The number of aromatic nitrogens is 3. The summed E-state index contributed by atoms with van der Waals surface area (Å²) in [6.45, 7) is 0. The number of nitrogens with one attached hydrogen (secondary N) is 1. The fourth-order valence-electron chi connectivity index (χ4n) is 1.54. The van der Waals surface area contributed by atoms with Gasteiger partial charge in [0.05, 0.1) is 23.9 Å². The number of ether oxygens (including phenoxy) is 1. The molecule has 0 radical (unpaired) electrons. The number of hydrogen-bond donors (Lipinski definition) is 1. The van der Waals surface area contributed by atoms with Gasteiger partial charge in [-0.2, -0.15) is 0 Å². The zero-order chi connectivity index (χ0) is 12.1. The van der Waals surface area contributed by atoms with Crippen molar-refractivity contribution in [3.8, 4) is 5.88 Å². The highest BCUT2D eigenvalue weighted by atomic mass is 32.1. The van der Waals surface area contributed by atoms with E-state index >= 15 is 0 Å². The first-order chi connectivity index (χ1) is 8.33. The van der Waals surface area contributed by atoms with Gasteiger partial charge in [0, 0.05) is 24.1 Å². The maximum atomic E-state index is 5.09. The quantitative estimate of drug-likeness (QED) is 0.870. The van der Waals surface area contributed by atoms with Crippen LogP contribution in [0, 0.1) is 0 Å². The lowest BCUT2D eigenvalue weighted by atomic mass is 10.1. The summed E-state index contributed by atoms with van der Waals surface area (Å²) in [6, 6.07) is 1.97. The molecule has 0 saturated carbocycles. The molecular formula is C11H14N4OS. The maximum Gasteiger partial charge on any atom is 0.216 e. The van der Waals surface area contributed by atoms with Crippen molar-refractivity contribution in [3.05, 3.63) is 34.7 Å². The van der Waals surface area contributed by atoms with E-state index in [1.54, 1.807) is 18.4 Å². The van der Waals surface area contributed by atoms with Crippen LogP contribution in [0.3, 0.4) is 0 Å². The van der Waals surface area contributed by atoms with Crippen molar-refractivity contribution < 1.29 is 4.74 Å². The normalized spacial score (nSPS) is 12.4. The van der Waals surface area contributed by atoms with Gasteiger partial charge in [0.15, 0.2) is 0 Å². The summed E-state index contributed by atoms with van der Waals surface area (Å²) in [5.74, 6) is 0.578. The molecule has 0 aliphatic carbocycles. The van der Waals surface area contributed by atoms with Gasteiger partial charge < -0.3 is 10.1 Å². The Kier molecular flexibility index (Phi) is 4.00. The molecule has 6 heteroatoms. The molecule has 0 bridgehead atoms. The van der Waals surface area contributed by atoms with Crippen LogP contribution in [-0.4, -0.2) is 29.1 Å². The average molecular weight is 250 g/mol. The first-order valence-corrected chi connectivity index (χ1v) is 6.13. The van der Waals surface area contributed by atoms with Crippen LogP contribution in [0.1, 0.15) is 16.7 Å². The standard InChI is InChI=1S/C11H14N4OS/c1-12-8(6-11-13-3-4-17-11)9-5-10(16-2)15-7-14-9/h3-5,7-8,12H,6H2,1-2H3. The Morgan fingerprint density at radius 2 is 2.29 bits per heavy atom. The Balaban J connectivity index is 2.16. The van der Waals surface area contributed by atoms with Crippen molar-refractivity contribution in [2.24, 2.45) is 0 Å². The van der Waals surface area contributed by atoms with Crippen molar-refractivity contribution in [3.63, 3.8) is 0 Å². The number of likely N-dealkylation sites (N-methyl/N-ethyl adjacent to an activating group) is 1. The topological polar surface area (TPSA) is 59.9 Å². The minimum atomic E-state index is 0.123. The van der Waals surface area contributed by atoms with E-state index in [9.17, 15) is 0 Å². The summed E-state index contributed by atoms with van der Waals surface area (Å²) in [7, 11) is 3.51. The highest BCUT2D eigenvalue weighted by Crippen LogP contribution is 2.19. The van der Waals surface area contributed by atoms with E-state index in [1.165, 1.54) is 6.33 Å². The van der Waals surface area contributed by atoms with Gasteiger partial charge in [-0.1, -0.05) is 0 Å². The second kappa shape index (κ2) is 5.70. The van der Waals surface area contributed by atoms with Gasteiger partial charge in [0.25, 0.3) is 0 Å². The maximum absolute atomic E-state index is 5.09. The fraction of sp³-hybridized carbons (Fsp3) is 0.364. The zero-order valence-electron chi connectivity index (χ0n) is 9.75. The monoisotopic (exact) mass is 250 g/mol. The predicted octanol–water partition coefficient (Wildman–Crippen LogP) is 1.44. The van der Waals surface area contributed by atoms with Gasteiger partial charge in [0.1, 0.15) is 6.33 Å². The van der Waals surface area contributed by atoms with Crippen molar-refractivity contribution in [1.82, 2.24) is 20.3 Å². The number of methoxy groups -OCH3 is 1. The molecule has 0 aliphatic heterocycles. The summed E-state index contributed by atoms with van der Waals surface area (Å²) < 4.78 is 5.09. The van der Waals surface area contributed by atoms with Crippen LogP contribution in [0.15, 0.2) is 24.0 Å². The molecule has 0 amide bonds. The number of nitrogens with zero attached hydrogens (tertiary/aromatic N) is 3. The molecule has 1 N–H and O–H groups in total. The third kappa shape index (κ3) is 2.98. The summed E-state index contributed by atoms with van der Waals surface area (Å²) >= 11 is 1.65. The highest BCUT2D eigenvalue weighted by molar-refractivity contribution is 7.09. The van der Waals surface area contributed by atoms with Crippen LogP contribution in [0.25, 0.3) is 0 Å². The van der Waals surface area contributed by atoms with E-state index in [0.29, 0.717) is 5.88 Å². The van der Waals surface area contributed by atoms with E-state index in [-0.39, 0.29) is 6.04 Å². The lowest BCUT2D eigenvalue weighted by Crippen LogP contribution is -2.20. The van der Waals surface area contributed by atoms with Crippen LogP contribution in [0.2, 0.25) is 0 Å². The largest absolute Gasteiger partial charge is 0.481 e.